The first-order chi connectivity index (χ1) is 14.1. The minimum Gasteiger partial charge on any atom is -0.454 e. The summed E-state index contributed by atoms with van der Waals surface area (Å²) in [5, 5.41) is 14.4. The molecular formula is C18H19F2IN6O3. The van der Waals surface area contributed by atoms with E-state index in [4.69, 9.17) is 9.47 Å². The third-order valence-corrected chi connectivity index (χ3v) is 4.24. The molecule has 0 radical (unpaired) electrons. The maximum Gasteiger partial charge on any atom is 0.387 e. The Bertz CT molecular complexity index is 1050. The van der Waals surface area contributed by atoms with Crippen LogP contribution in [0.2, 0.25) is 0 Å². The number of ether oxygens (including phenoxy) is 3. The Morgan fingerprint density at radius 3 is 2.73 bits per heavy atom. The molecule has 30 heavy (non-hydrogen) atoms. The third kappa shape index (κ3) is 4.80. The topological polar surface area (TPSA) is 94.3 Å². The number of guanidine groups is 1. The predicted molar refractivity (Wildman–Crippen MR) is 115 cm³/mol. The lowest BCUT2D eigenvalue weighted by atomic mass is 10.1. The number of halogens is 3. The highest BCUT2D eigenvalue weighted by atomic mass is 127. The normalized spacial score (nSPS) is 12.7. The molecule has 1 aliphatic rings. The van der Waals surface area contributed by atoms with Gasteiger partial charge < -0.3 is 24.8 Å². The molecule has 0 saturated heterocycles. The second-order valence-electron chi connectivity index (χ2n) is 6.02. The van der Waals surface area contributed by atoms with E-state index in [1.807, 2.05) is 28.8 Å². The van der Waals surface area contributed by atoms with Crippen LogP contribution in [0.1, 0.15) is 11.4 Å². The van der Waals surface area contributed by atoms with E-state index < -0.39 is 6.61 Å². The van der Waals surface area contributed by atoms with Crippen molar-refractivity contribution in [2.24, 2.45) is 4.99 Å². The Hall–Kier alpha value is -2.90. The molecule has 9 nitrogen and oxygen atoms in total. The van der Waals surface area contributed by atoms with Crippen LogP contribution in [0.3, 0.4) is 0 Å². The number of aliphatic imine (C=N–C) groups is 1. The zero-order chi connectivity index (χ0) is 20.2. The number of nitrogens with zero attached hydrogens (tertiary/aromatic N) is 4. The van der Waals surface area contributed by atoms with Crippen LogP contribution in [0.25, 0.3) is 5.65 Å². The predicted octanol–water partition coefficient (Wildman–Crippen LogP) is 2.54. The first-order valence-corrected chi connectivity index (χ1v) is 8.74. The van der Waals surface area contributed by atoms with E-state index in [2.05, 4.69) is 30.6 Å². The second-order valence-corrected chi connectivity index (χ2v) is 6.02. The van der Waals surface area contributed by atoms with E-state index in [-0.39, 0.29) is 43.1 Å². The molecule has 0 fully saturated rings. The average molecular weight is 532 g/mol. The minimum atomic E-state index is -2.95. The number of hydrogen-bond donors (Lipinski definition) is 2. The zero-order valence-corrected chi connectivity index (χ0v) is 18.2. The summed E-state index contributed by atoms with van der Waals surface area (Å²) in [5.41, 5.74) is 1.21. The highest BCUT2D eigenvalue weighted by molar-refractivity contribution is 14.0. The summed E-state index contributed by atoms with van der Waals surface area (Å²) < 4.78 is 42.5. The fourth-order valence-electron chi connectivity index (χ4n) is 2.88. The van der Waals surface area contributed by atoms with Gasteiger partial charge in [-0.1, -0.05) is 6.07 Å². The molecule has 3 heterocycles. The van der Waals surface area contributed by atoms with Crippen molar-refractivity contribution in [3.05, 3.63) is 47.9 Å². The summed E-state index contributed by atoms with van der Waals surface area (Å²) in [4.78, 5) is 4.14. The van der Waals surface area contributed by atoms with Crippen molar-refractivity contribution in [2.45, 2.75) is 19.7 Å². The van der Waals surface area contributed by atoms with E-state index >= 15 is 0 Å². The summed E-state index contributed by atoms with van der Waals surface area (Å²) in [7, 11) is 1.60. The molecule has 4 rings (SSSR count). The third-order valence-electron chi connectivity index (χ3n) is 4.24. The fourth-order valence-corrected chi connectivity index (χ4v) is 2.88. The molecule has 1 aliphatic heterocycles. The summed E-state index contributed by atoms with van der Waals surface area (Å²) in [6, 6.07) is 8.62. The lowest BCUT2D eigenvalue weighted by Crippen LogP contribution is -2.36. The highest BCUT2D eigenvalue weighted by Crippen LogP contribution is 2.38. The molecule has 0 aliphatic carbocycles. The van der Waals surface area contributed by atoms with E-state index in [0.717, 1.165) is 5.65 Å². The number of nitrogens with one attached hydrogen (secondary N) is 2. The molecule has 0 spiro atoms. The van der Waals surface area contributed by atoms with Crippen molar-refractivity contribution in [1.82, 2.24) is 25.2 Å². The summed E-state index contributed by atoms with van der Waals surface area (Å²) in [5.74, 6) is 2.01. The van der Waals surface area contributed by atoms with Gasteiger partial charge in [0.05, 0.1) is 6.54 Å². The van der Waals surface area contributed by atoms with Crippen LogP contribution in [0.5, 0.6) is 17.2 Å². The van der Waals surface area contributed by atoms with Crippen LogP contribution < -0.4 is 24.8 Å². The van der Waals surface area contributed by atoms with E-state index in [0.29, 0.717) is 35.4 Å². The fraction of sp³-hybridized carbons (Fsp3) is 0.278. The number of fused-ring (bicyclic) bond motifs is 2. The molecule has 0 amide bonds. The lowest BCUT2D eigenvalue weighted by molar-refractivity contribution is -0.0505. The maximum absolute atomic E-state index is 12.8. The number of rotatable bonds is 6. The van der Waals surface area contributed by atoms with Gasteiger partial charge in [-0.15, -0.1) is 34.2 Å². The van der Waals surface area contributed by atoms with E-state index in [9.17, 15) is 8.78 Å². The molecule has 2 N–H and O–H groups in total. The van der Waals surface area contributed by atoms with Crippen LogP contribution in [-0.2, 0) is 13.1 Å². The highest BCUT2D eigenvalue weighted by Gasteiger charge is 2.20. The van der Waals surface area contributed by atoms with Gasteiger partial charge in [0.2, 0.25) is 6.79 Å². The van der Waals surface area contributed by atoms with Gasteiger partial charge in [-0.05, 0) is 18.2 Å². The van der Waals surface area contributed by atoms with Crippen molar-refractivity contribution >= 4 is 35.6 Å². The molecule has 160 valence electrons. The van der Waals surface area contributed by atoms with Gasteiger partial charge in [-0.3, -0.25) is 9.39 Å². The monoisotopic (exact) mass is 532 g/mol. The molecule has 0 saturated carbocycles. The van der Waals surface area contributed by atoms with Crippen LogP contribution >= 0.6 is 24.0 Å². The van der Waals surface area contributed by atoms with Crippen LogP contribution in [0.4, 0.5) is 8.78 Å². The Morgan fingerprint density at radius 1 is 1.20 bits per heavy atom. The second kappa shape index (κ2) is 9.73. The molecule has 12 heteroatoms. The van der Waals surface area contributed by atoms with E-state index in [1.54, 1.807) is 13.1 Å². The largest absolute Gasteiger partial charge is 0.454 e. The van der Waals surface area contributed by atoms with Crippen molar-refractivity contribution in [3.8, 4) is 17.2 Å². The quantitative estimate of drug-likeness (QED) is 0.287. The van der Waals surface area contributed by atoms with Gasteiger partial charge in [0.25, 0.3) is 0 Å². The van der Waals surface area contributed by atoms with Crippen molar-refractivity contribution < 1.29 is 23.0 Å². The number of aromatic nitrogens is 3. The molecule has 0 bridgehead atoms. The average Bonchev–Trinajstić information content (AvgIpc) is 3.34. The standard InChI is InChI=1S/C18H18F2N6O3.HI/c1-21-18(23-9-16-25-24-15-4-2-3-5-26(15)16)22-8-11-6-13-14(28-10-27-13)7-12(11)29-17(19)20;/h2-7,17H,8-10H2,1H3,(H2,21,22,23);1H. The molecule has 1 aromatic carbocycles. The number of hydrogen-bond acceptors (Lipinski definition) is 6. The number of pyridine rings is 1. The van der Waals surface area contributed by atoms with Crippen LogP contribution in [-0.4, -0.2) is 41.0 Å². The van der Waals surface area contributed by atoms with Crippen molar-refractivity contribution in [1.29, 1.82) is 0 Å². The number of benzene rings is 1. The Balaban J connectivity index is 0.00000256. The molecule has 0 atom stereocenters. The van der Waals surface area contributed by atoms with E-state index in [1.165, 1.54) is 6.07 Å². The van der Waals surface area contributed by atoms with Gasteiger partial charge in [0.1, 0.15) is 5.75 Å². The van der Waals surface area contributed by atoms with Gasteiger partial charge in [0, 0.05) is 31.4 Å². The summed E-state index contributed by atoms with van der Waals surface area (Å²) >= 11 is 0. The Morgan fingerprint density at radius 2 is 1.97 bits per heavy atom. The van der Waals surface area contributed by atoms with Crippen molar-refractivity contribution in [3.63, 3.8) is 0 Å². The first-order valence-electron chi connectivity index (χ1n) is 8.74. The van der Waals surface area contributed by atoms with Crippen LogP contribution in [0, 0.1) is 0 Å². The minimum absolute atomic E-state index is 0. The SMILES string of the molecule is CN=C(NCc1cc2c(cc1OC(F)F)OCO2)NCc1nnc2ccccn12.I. The lowest BCUT2D eigenvalue weighted by Gasteiger charge is -2.15. The Kier molecular flexibility index (Phi) is 7.07. The summed E-state index contributed by atoms with van der Waals surface area (Å²) in [6.07, 6.45) is 1.86. The van der Waals surface area contributed by atoms with Gasteiger partial charge in [-0.2, -0.15) is 8.78 Å². The smallest absolute Gasteiger partial charge is 0.387 e. The van der Waals surface area contributed by atoms with Crippen molar-refractivity contribution in [2.75, 3.05) is 13.8 Å². The zero-order valence-electron chi connectivity index (χ0n) is 15.8. The van der Waals surface area contributed by atoms with Gasteiger partial charge >= 0.3 is 6.61 Å². The maximum atomic E-state index is 12.8. The molecule has 3 aromatic rings. The van der Waals surface area contributed by atoms with Gasteiger partial charge in [-0.25, -0.2) is 0 Å². The molecule has 0 unspecified atom stereocenters. The molecular weight excluding hydrogens is 513 g/mol. The first kappa shape index (κ1) is 21.8. The Labute approximate surface area is 187 Å². The summed E-state index contributed by atoms with van der Waals surface area (Å²) in [6.45, 7) is -2.37. The van der Waals surface area contributed by atoms with Gasteiger partial charge in [0.15, 0.2) is 28.9 Å². The number of alkyl halides is 2. The molecule has 2 aromatic heterocycles. The van der Waals surface area contributed by atoms with Crippen LogP contribution in [0.15, 0.2) is 41.5 Å².